The van der Waals surface area contributed by atoms with E-state index in [0.717, 1.165) is 24.2 Å². The van der Waals surface area contributed by atoms with Crippen LogP contribution >= 0.6 is 0 Å². The highest BCUT2D eigenvalue weighted by Gasteiger charge is 2.08. The fourth-order valence-corrected chi connectivity index (χ4v) is 5.01. The first-order chi connectivity index (χ1) is 24.3. The summed E-state index contributed by atoms with van der Waals surface area (Å²) in [4.78, 5) is 0. The number of para-hydroxylation sites is 2. The molecule has 5 rings (SSSR count). The van der Waals surface area contributed by atoms with Gasteiger partial charge >= 0.3 is 0 Å². The van der Waals surface area contributed by atoms with Crippen molar-refractivity contribution in [2.24, 2.45) is 0 Å². The zero-order chi connectivity index (χ0) is 33.6. The van der Waals surface area contributed by atoms with E-state index in [1.807, 2.05) is 42.5 Å². The van der Waals surface area contributed by atoms with Gasteiger partial charge in [-0.15, -0.1) is 0 Å². The number of hydrogen-bond donors (Lipinski definition) is 1. The number of rotatable bonds is 6. The van der Waals surface area contributed by atoms with Gasteiger partial charge in [-0.2, -0.15) is 0 Å². The largest absolute Gasteiger partial charge is 0.487 e. The van der Waals surface area contributed by atoms with Crippen LogP contribution in [0.15, 0.2) is 97.1 Å². The van der Waals surface area contributed by atoms with Gasteiger partial charge in [-0.25, -0.2) is 0 Å². The van der Waals surface area contributed by atoms with E-state index in [1.165, 1.54) is 11.1 Å². The lowest BCUT2D eigenvalue weighted by atomic mass is 10.1. The molecule has 0 atom stereocenters. The minimum absolute atomic E-state index is 0.375. The summed E-state index contributed by atoms with van der Waals surface area (Å²) in [5, 5.41) is 2.32. The molecule has 0 spiro atoms. The predicted molar refractivity (Wildman–Crippen MR) is 189 cm³/mol. The van der Waals surface area contributed by atoms with Gasteiger partial charge in [0.25, 0.3) is 0 Å². The lowest BCUT2D eigenvalue weighted by Crippen LogP contribution is -2.80. The van der Waals surface area contributed by atoms with Crippen LogP contribution in [-0.2, 0) is 32.0 Å². The summed E-state index contributed by atoms with van der Waals surface area (Å²) in [6.07, 6.45) is 4.19. The van der Waals surface area contributed by atoms with Crippen molar-refractivity contribution < 1.29 is 43.2 Å². The van der Waals surface area contributed by atoms with Gasteiger partial charge in [0.05, 0.1) is 52.9 Å². The zero-order valence-corrected chi connectivity index (χ0v) is 28.1. The van der Waals surface area contributed by atoms with Gasteiger partial charge in [-0.05, 0) is 35.4 Å². The van der Waals surface area contributed by atoms with E-state index in [1.54, 1.807) is 0 Å². The van der Waals surface area contributed by atoms with Crippen LogP contribution in [-0.4, -0.2) is 79.3 Å². The molecule has 0 bridgehead atoms. The van der Waals surface area contributed by atoms with Crippen LogP contribution in [0.4, 0.5) is 0 Å². The lowest BCUT2D eigenvalue weighted by molar-refractivity contribution is -0.686. The third kappa shape index (κ3) is 13.6. The molecule has 260 valence electrons. The molecule has 9 nitrogen and oxygen atoms in total. The van der Waals surface area contributed by atoms with E-state index in [4.69, 9.17) is 37.9 Å². The summed E-state index contributed by atoms with van der Waals surface area (Å²) in [6.45, 7) is 7.05. The summed E-state index contributed by atoms with van der Waals surface area (Å²) >= 11 is 0. The Balaban J connectivity index is 1.11. The summed E-state index contributed by atoms with van der Waals surface area (Å²) in [5.74, 6) is 2.66. The molecule has 0 saturated heterocycles. The molecule has 0 fully saturated rings. The van der Waals surface area contributed by atoms with Crippen molar-refractivity contribution >= 4 is 12.2 Å². The number of ether oxygens (including phenoxy) is 8. The normalized spacial score (nSPS) is 16.1. The Morgan fingerprint density at radius 2 is 0.796 bits per heavy atom. The predicted octanol–water partition coefficient (Wildman–Crippen LogP) is 5.42. The van der Waals surface area contributed by atoms with Crippen LogP contribution in [0.3, 0.4) is 0 Å². The highest BCUT2D eigenvalue weighted by atomic mass is 16.6. The van der Waals surface area contributed by atoms with Crippen molar-refractivity contribution in [1.29, 1.82) is 0 Å². The SMILES string of the molecule is C(=C\c1ccc2c(c1)OCCOCCOCCOc1ccccc1OCCOCCOCCO2)/c1ccc(C[NH2+]Cc2ccccc2)cc1. The van der Waals surface area contributed by atoms with Crippen LogP contribution in [0.2, 0.25) is 0 Å². The molecular formula is C40H48NO8+. The van der Waals surface area contributed by atoms with Crippen LogP contribution in [0.1, 0.15) is 22.3 Å². The molecular weight excluding hydrogens is 622 g/mol. The number of fused-ring (bicyclic) bond motifs is 2. The molecule has 1 aliphatic rings. The first-order valence-corrected chi connectivity index (χ1v) is 17.0. The molecule has 0 amide bonds. The minimum Gasteiger partial charge on any atom is -0.487 e. The Bertz CT molecular complexity index is 1510. The third-order valence-electron chi connectivity index (χ3n) is 7.55. The van der Waals surface area contributed by atoms with E-state index < -0.39 is 0 Å². The van der Waals surface area contributed by atoms with Crippen LogP contribution in [0, 0.1) is 0 Å². The van der Waals surface area contributed by atoms with Crippen LogP contribution in [0.25, 0.3) is 12.2 Å². The van der Waals surface area contributed by atoms with Gasteiger partial charge < -0.3 is 43.2 Å². The summed E-state index contributed by atoms with van der Waals surface area (Å²) in [6, 6.07) is 32.7. The molecule has 0 radical (unpaired) electrons. The van der Waals surface area contributed by atoms with Crippen molar-refractivity contribution in [2.45, 2.75) is 13.1 Å². The van der Waals surface area contributed by atoms with Crippen LogP contribution < -0.4 is 24.3 Å². The summed E-state index contributed by atoms with van der Waals surface area (Å²) in [7, 11) is 0. The Morgan fingerprint density at radius 1 is 0.388 bits per heavy atom. The fraction of sp³-hybridized carbons (Fsp3) is 0.350. The molecule has 1 aliphatic heterocycles. The second-order valence-corrected chi connectivity index (χ2v) is 11.3. The van der Waals surface area contributed by atoms with E-state index in [2.05, 4.69) is 72.1 Å². The first kappa shape index (κ1) is 35.9. The molecule has 4 aromatic rings. The highest BCUT2D eigenvalue weighted by Crippen LogP contribution is 2.29. The zero-order valence-electron chi connectivity index (χ0n) is 28.1. The van der Waals surface area contributed by atoms with Gasteiger partial charge in [-0.1, -0.05) is 84.9 Å². The van der Waals surface area contributed by atoms with E-state index >= 15 is 0 Å². The van der Waals surface area contributed by atoms with Gasteiger partial charge in [0.1, 0.15) is 39.5 Å². The Hall–Kier alpha value is -4.38. The van der Waals surface area contributed by atoms with Crippen molar-refractivity contribution in [1.82, 2.24) is 0 Å². The maximum absolute atomic E-state index is 6.12. The lowest BCUT2D eigenvalue weighted by Gasteiger charge is -2.15. The van der Waals surface area contributed by atoms with Crippen molar-refractivity contribution in [3.63, 3.8) is 0 Å². The quantitative estimate of drug-likeness (QED) is 0.273. The number of benzene rings is 4. The minimum atomic E-state index is 0.375. The molecule has 9 heteroatoms. The standard InChI is InChI=1S/C40H47NO8/c1-2-6-35(7-3-1)31-41-32-36-14-11-33(12-15-36)10-13-34-16-17-39-40(30-34)49-29-25-45-21-20-43-23-27-47-38-9-5-4-8-37(38)46-26-22-42-18-19-44-24-28-48-39/h1-17,30,41H,18-29,31-32H2/p+1/b13-10+. The van der Waals surface area contributed by atoms with E-state index in [9.17, 15) is 0 Å². The van der Waals surface area contributed by atoms with E-state index in [0.29, 0.717) is 102 Å². The van der Waals surface area contributed by atoms with Crippen molar-refractivity contribution in [2.75, 3.05) is 79.3 Å². The molecule has 49 heavy (non-hydrogen) atoms. The topological polar surface area (TPSA) is 90.5 Å². The molecule has 1 heterocycles. The third-order valence-corrected chi connectivity index (χ3v) is 7.55. The van der Waals surface area contributed by atoms with Crippen LogP contribution in [0.5, 0.6) is 23.0 Å². The van der Waals surface area contributed by atoms with Gasteiger partial charge in [-0.3, -0.25) is 0 Å². The summed E-state index contributed by atoms with van der Waals surface area (Å²) < 4.78 is 46.6. The smallest absolute Gasteiger partial charge is 0.161 e. The van der Waals surface area contributed by atoms with E-state index in [-0.39, 0.29) is 0 Å². The number of hydrogen-bond acceptors (Lipinski definition) is 8. The second kappa shape index (κ2) is 21.6. The Kier molecular flexibility index (Phi) is 15.8. The second-order valence-electron chi connectivity index (χ2n) is 11.3. The molecule has 0 aliphatic carbocycles. The molecule has 0 aromatic heterocycles. The number of nitrogens with two attached hydrogens (primary N) is 1. The van der Waals surface area contributed by atoms with Gasteiger partial charge in [0.2, 0.25) is 0 Å². The maximum atomic E-state index is 6.12. The molecule has 2 N–H and O–H groups in total. The molecule has 0 unspecified atom stereocenters. The first-order valence-electron chi connectivity index (χ1n) is 17.0. The van der Waals surface area contributed by atoms with Gasteiger partial charge in [0, 0.05) is 11.1 Å². The number of quaternary nitrogens is 1. The van der Waals surface area contributed by atoms with Gasteiger partial charge in [0.15, 0.2) is 23.0 Å². The Morgan fingerprint density at radius 3 is 1.35 bits per heavy atom. The fourth-order valence-electron chi connectivity index (χ4n) is 5.01. The van der Waals surface area contributed by atoms with Crippen molar-refractivity contribution in [3.05, 3.63) is 119 Å². The average Bonchev–Trinajstić information content (AvgIpc) is 3.14. The average molecular weight is 671 g/mol. The summed E-state index contributed by atoms with van der Waals surface area (Å²) in [5.41, 5.74) is 4.77. The molecule has 0 saturated carbocycles. The molecule has 4 aromatic carbocycles. The highest BCUT2D eigenvalue weighted by molar-refractivity contribution is 5.71. The maximum Gasteiger partial charge on any atom is 0.161 e. The Labute approximate surface area is 289 Å². The van der Waals surface area contributed by atoms with Crippen molar-refractivity contribution in [3.8, 4) is 23.0 Å². The monoisotopic (exact) mass is 670 g/mol.